The molecule has 0 aromatic carbocycles. The molecule has 5 heteroatoms. The van der Waals surface area contributed by atoms with E-state index >= 15 is 0 Å². The summed E-state index contributed by atoms with van der Waals surface area (Å²) in [6.07, 6.45) is 8.08. The summed E-state index contributed by atoms with van der Waals surface area (Å²) in [4.78, 5) is 18.3. The molecule has 1 saturated heterocycles. The van der Waals surface area contributed by atoms with Gasteiger partial charge in [-0.05, 0) is 25.9 Å². The molecule has 0 amide bonds. The Morgan fingerprint density at radius 2 is 2.06 bits per heavy atom. The monoisotopic (exact) mass is 268 g/mol. The fourth-order valence-corrected chi connectivity index (χ4v) is 3.21. The normalized spacial score (nSPS) is 17.6. The first-order valence-corrected chi connectivity index (χ1v) is 7.43. The van der Waals surface area contributed by atoms with Gasteiger partial charge in [-0.3, -0.25) is 4.79 Å². The summed E-state index contributed by atoms with van der Waals surface area (Å²) in [6.45, 7) is 3.46. The molecule has 1 aliphatic heterocycles. The molecule has 4 nitrogen and oxygen atoms in total. The number of carbonyl (C=O) groups is 1. The van der Waals surface area contributed by atoms with Crippen molar-refractivity contribution in [2.45, 2.75) is 38.5 Å². The first-order chi connectivity index (χ1) is 8.74. The van der Waals surface area contributed by atoms with Crippen LogP contribution in [0.5, 0.6) is 0 Å². The maximum atomic E-state index is 10.6. The third-order valence-corrected chi connectivity index (χ3v) is 4.32. The van der Waals surface area contributed by atoms with Crippen molar-refractivity contribution in [1.29, 1.82) is 0 Å². The molecule has 1 aliphatic rings. The predicted molar refractivity (Wildman–Crippen MR) is 72.1 cm³/mol. The smallest absolute Gasteiger partial charge is 0.308 e. The Bertz CT molecular complexity index is 384. The minimum absolute atomic E-state index is 0.0986. The van der Waals surface area contributed by atoms with Crippen molar-refractivity contribution < 1.29 is 9.90 Å². The Labute approximate surface area is 112 Å². The third kappa shape index (κ3) is 4.38. The lowest BCUT2D eigenvalue weighted by Crippen LogP contribution is -2.26. The van der Waals surface area contributed by atoms with E-state index in [1.54, 1.807) is 6.20 Å². The zero-order valence-corrected chi connectivity index (χ0v) is 11.4. The highest BCUT2D eigenvalue weighted by molar-refractivity contribution is 7.11. The van der Waals surface area contributed by atoms with Gasteiger partial charge in [-0.2, -0.15) is 0 Å². The summed E-state index contributed by atoms with van der Waals surface area (Å²) < 4.78 is 0. The van der Waals surface area contributed by atoms with E-state index in [9.17, 15) is 4.79 Å². The van der Waals surface area contributed by atoms with Crippen LogP contribution in [0.4, 0.5) is 0 Å². The second-order valence-corrected chi connectivity index (χ2v) is 6.00. The number of hydrogen-bond donors (Lipinski definition) is 1. The van der Waals surface area contributed by atoms with Gasteiger partial charge >= 0.3 is 5.97 Å². The van der Waals surface area contributed by atoms with Crippen LogP contribution in [0.15, 0.2) is 6.20 Å². The van der Waals surface area contributed by atoms with Gasteiger partial charge < -0.3 is 10.0 Å². The van der Waals surface area contributed by atoms with Crippen LogP contribution in [0.3, 0.4) is 0 Å². The van der Waals surface area contributed by atoms with Gasteiger partial charge in [-0.1, -0.05) is 12.8 Å². The van der Waals surface area contributed by atoms with E-state index in [1.807, 2.05) is 0 Å². The molecular formula is C13H20N2O2S. The highest BCUT2D eigenvalue weighted by atomic mass is 32.1. The largest absolute Gasteiger partial charge is 0.481 e. The number of aromatic nitrogens is 1. The standard InChI is InChI=1S/C13H20N2O2S/c16-13(17)9-11-10-14-12(18-11)5-8-15-6-3-1-2-4-7-15/h10H,1-9H2,(H,16,17). The Morgan fingerprint density at radius 3 is 2.72 bits per heavy atom. The predicted octanol–water partition coefficient (Wildman–Crippen LogP) is 2.19. The molecule has 0 bridgehead atoms. The van der Waals surface area contributed by atoms with E-state index in [4.69, 9.17) is 5.11 Å². The maximum absolute atomic E-state index is 10.6. The number of aliphatic carboxylic acids is 1. The highest BCUT2D eigenvalue weighted by Crippen LogP contribution is 2.16. The number of hydrogen-bond acceptors (Lipinski definition) is 4. The summed E-state index contributed by atoms with van der Waals surface area (Å²) in [5.41, 5.74) is 0. The molecule has 18 heavy (non-hydrogen) atoms. The summed E-state index contributed by atoms with van der Waals surface area (Å²) >= 11 is 1.54. The second kappa shape index (κ2) is 6.85. The fraction of sp³-hybridized carbons (Fsp3) is 0.692. The van der Waals surface area contributed by atoms with Gasteiger partial charge in [0.2, 0.25) is 0 Å². The van der Waals surface area contributed by atoms with Crippen LogP contribution in [0.25, 0.3) is 0 Å². The molecule has 0 spiro atoms. The molecule has 1 fully saturated rings. The van der Waals surface area contributed by atoms with E-state index in [1.165, 1.54) is 50.1 Å². The number of carboxylic acids is 1. The molecule has 0 aliphatic carbocycles. The molecule has 0 saturated carbocycles. The first kappa shape index (κ1) is 13.5. The number of rotatable bonds is 5. The third-order valence-electron chi connectivity index (χ3n) is 3.27. The van der Waals surface area contributed by atoms with Crippen molar-refractivity contribution in [3.63, 3.8) is 0 Å². The zero-order chi connectivity index (χ0) is 12.8. The summed E-state index contributed by atoms with van der Waals surface area (Å²) in [7, 11) is 0. The lowest BCUT2D eigenvalue weighted by atomic mass is 10.2. The topological polar surface area (TPSA) is 53.4 Å². The second-order valence-electron chi connectivity index (χ2n) is 4.80. The molecule has 1 aromatic rings. The zero-order valence-electron chi connectivity index (χ0n) is 10.6. The van der Waals surface area contributed by atoms with Gasteiger partial charge in [0.25, 0.3) is 0 Å². The van der Waals surface area contributed by atoms with Gasteiger partial charge in [-0.25, -0.2) is 4.98 Å². The maximum Gasteiger partial charge on any atom is 0.308 e. The van der Waals surface area contributed by atoms with Crippen LogP contribution < -0.4 is 0 Å². The Morgan fingerprint density at radius 1 is 1.33 bits per heavy atom. The SMILES string of the molecule is O=C(O)Cc1cnc(CCN2CCCCCC2)s1. The minimum Gasteiger partial charge on any atom is -0.481 e. The van der Waals surface area contributed by atoms with E-state index in [0.717, 1.165) is 22.9 Å². The molecule has 2 rings (SSSR count). The number of nitrogens with zero attached hydrogens (tertiary/aromatic N) is 2. The van der Waals surface area contributed by atoms with Crippen LogP contribution in [0.2, 0.25) is 0 Å². The van der Waals surface area contributed by atoms with Crippen molar-refractivity contribution in [3.8, 4) is 0 Å². The Balaban J connectivity index is 1.78. The molecule has 2 heterocycles. The quantitative estimate of drug-likeness (QED) is 0.889. The van der Waals surface area contributed by atoms with Crippen LogP contribution in [0.1, 0.15) is 35.6 Å². The van der Waals surface area contributed by atoms with Gasteiger partial charge in [0.05, 0.1) is 11.4 Å². The highest BCUT2D eigenvalue weighted by Gasteiger charge is 2.11. The average molecular weight is 268 g/mol. The molecule has 100 valence electrons. The molecule has 1 aromatic heterocycles. The van der Waals surface area contributed by atoms with Gasteiger partial charge in [0.15, 0.2) is 0 Å². The number of thiazole rings is 1. The molecule has 0 radical (unpaired) electrons. The van der Waals surface area contributed by atoms with Crippen LogP contribution >= 0.6 is 11.3 Å². The van der Waals surface area contributed by atoms with E-state index in [2.05, 4.69) is 9.88 Å². The van der Waals surface area contributed by atoms with Gasteiger partial charge in [-0.15, -0.1) is 11.3 Å². The fourth-order valence-electron chi connectivity index (χ4n) is 2.31. The number of likely N-dealkylation sites (tertiary alicyclic amines) is 1. The van der Waals surface area contributed by atoms with E-state index in [0.29, 0.717) is 0 Å². The Hall–Kier alpha value is -0.940. The lowest BCUT2D eigenvalue weighted by Gasteiger charge is -2.18. The average Bonchev–Trinajstić information content (AvgIpc) is 2.61. The Kier molecular flexibility index (Phi) is 5.13. The molecular weight excluding hydrogens is 248 g/mol. The molecule has 0 atom stereocenters. The lowest BCUT2D eigenvalue weighted by molar-refractivity contribution is -0.136. The van der Waals surface area contributed by atoms with Crippen LogP contribution in [-0.4, -0.2) is 40.6 Å². The van der Waals surface area contributed by atoms with E-state index < -0.39 is 5.97 Å². The summed E-state index contributed by atoms with van der Waals surface area (Å²) in [5.74, 6) is -0.780. The molecule has 0 unspecified atom stereocenters. The van der Waals surface area contributed by atoms with Crippen molar-refractivity contribution in [2.24, 2.45) is 0 Å². The first-order valence-electron chi connectivity index (χ1n) is 6.62. The van der Waals surface area contributed by atoms with Crippen molar-refractivity contribution in [3.05, 3.63) is 16.1 Å². The van der Waals surface area contributed by atoms with Crippen LogP contribution in [-0.2, 0) is 17.6 Å². The van der Waals surface area contributed by atoms with Crippen molar-refractivity contribution in [2.75, 3.05) is 19.6 Å². The van der Waals surface area contributed by atoms with E-state index in [-0.39, 0.29) is 6.42 Å². The summed E-state index contributed by atoms with van der Waals surface area (Å²) in [6, 6.07) is 0. The summed E-state index contributed by atoms with van der Waals surface area (Å²) in [5, 5.41) is 9.78. The van der Waals surface area contributed by atoms with Crippen molar-refractivity contribution >= 4 is 17.3 Å². The van der Waals surface area contributed by atoms with Crippen LogP contribution in [0, 0.1) is 0 Å². The van der Waals surface area contributed by atoms with Gasteiger partial charge in [0, 0.05) is 24.0 Å². The van der Waals surface area contributed by atoms with Crippen molar-refractivity contribution in [1.82, 2.24) is 9.88 Å². The van der Waals surface area contributed by atoms with Gasteiger partial charge in [0.1, 0.15) is 0 Å². The number of carboxylic acid groups (broad SMARTS) is 1. The molecule has 1 N–H and O–H groups in total. The minimum atomic E-state index is -0.780.